The van der Waals surface area contributed by atoms with E-state index in [2.05, 4.69) is 21.2 Å². The van der Waals surface area contributed by atoms with Crippen LogP contribution in [0.25, 0.3) is 0 Å². The SMILES string of the molecule is Cc1c(N)cc(Br)cc1C(=O)OCC(=O)NC(C)(C)C. The lowest BCUT2D eigenvalue weighted by molar-refractivity contribution is -0.125. The van der Waals surface area contributed by atoms with E-state index in [0.29, 0.717) is 21.3 Å². The van der Waals surface area contributed by atoms with Gasteiger partial charge in [0.25, 0.3) is 5.91 Å². The number of hydrogen-bond donors (Lipinski definition) is 2. The van der Waals surface area contributed by atoms with Crippen LogP contribution in [0, 0.1) is 6.92 Å². The van der Waals surface area contributed by atoms with Gasteiger partial charge in [-0.25, -0.2) is 4.79 Å². The third-order valence-corrected chi connectivity index (χ3v) is 2.94. The molecule has 0 radical (unpaired) electrons. The summed E-state index contributed by atoms with van der Waals surface area (Å²) in [5.74, 6) is -0.911. The topological polar surface area (TPSA) is 81.4 Å². The lowest BCUT2D eigenvalue weighted by Gasteiger charge is -2.20. The molecule has 0 aromatic heterocycles. The van der Waals surface area contributed by atoms with Crippen LogP contribution in [-0.4, -0.2) is 24.0 Å². The number of nitrogen functional groups attached to an aromatic ring is 1. The predicted octanol–water partition coefficient (Wildman–Crippen LogP) is 2.41. The van der Waals surface area contributed by atoms with Gasteiger partial charge in [0.2, 0.25) is 0 Å². The van der Waals surface area contributed by atoms with Crippen molar-refractivity contribution >= 4 is 33.5 Å². The van der Waals surface area contributed by atoms with Gasteiger partial charge in [-0.3, -0.25) is 4.79 Å². The van der Waals surface area contributed by atoms with E-state index in [1.807, 2.05) is 20.8 Å². The Morgan fingerprint density at radius 1 is 1.35 bits per heavy atom. The summed E-state index contributed by atoms with van der Waals surface area (Å²) in [5.41, 5.74) is 6.89. The van der Waals surface area contributed by atoms with Crippen molar-refractivity contribution in [1.82, 2.24) is 5.32 Å². The van der Waals surface area contributed by atoms with Gasteiger partial charge in [-0.1, -0.05) is 15.9 Å². The fourth-order valence-corrected chi connectivity index (χ4v) is 2.05. The number of ether oxygens (including phenoxy) is 1. The number of amides is 1. The van der Waals surface area contributed by atoms with Crippen LogP contribution in [0.5, 0.6) is 0 Å². The van der Waals surface area contributed by atoms with E-state index in [0.717, 1.165) is 0 Å². The molecule has 0 unspecified atom stereocenters. The van der Waals surface area contributed by atoms with Crippen LogP contribution in [0.4, 0.5) is 5.69 Å². The highest BCUT2D eigenvalue weighted by Gasteiger charge is 2.18. The Kier molecular flexibility index (Phi) is 5.16. The first-order chi connectivity index (χ1) is 9.10. The Morgan fingerprint density at radius 2 is 1.95 bits per heavy atom. The zero-order valence-corrected chi connectivity index (χ0v) is 13.6. The van der Waals surface area contributed by atoms with Gasteiger partial charge in [-0.2, -0.15) is 0 Å². The summed E-state index contributed by atoms with van der Waals surface area (Å²) < 4.78 is 5.69. The van der Waals surface area contributed by atoms with Crippen LogP contribution < -0.4 is 11.1 Å². The molecule has 1 rings (SSSR count). The number of nitrogens with one attached hydrogen (secondary N) is 1. The number of carbonyl (C=O) groups is 2. The van der Waals surface area contributed by atoms with Gasteiger partial charge in [0.1, 0.15) is 0 Å². The molecule has 0 aliphatic carbocycles. The number of anilines is 1. The highest BCUT2D eigenvalue weighted by atomic mass is 79.9. The summed E-state index contributed by atoms with van der Waals surface area (Å²) in [4.78, 5) is 23.6. The number of benzene rings is 1. The zero-order chi connectivity index (χ0) is 15.5. The highest BCUT2D eigenvalue weighted by molar-refractivity contribution is 9.10. The molecular weight excluding hydrogens is 324 g/mol. The minimum absolute atomic E-state index is 0.317. The van der Waals surface area contributed by atoms with Crippen LogP contribution in [0.15, 0.2) is 16.6 Å². The Labute approximate surface area is 127 Å². The molecular formula is C14H19BrN2O3. The van der Waals surface area contributed by atoms with Crippen LogP contribution >= 0.6 is 15.9 Å². The molecule has 0 saturated heterocycles. The van der Waals surface area contributed by atoms with Gasteiger partial charge < -0.3 is 15.8 Å². The molecule has 1 aromatic carbocycles. The van der Waals surface area contributed by atoms with Gasteiger partial charge in [-0.05, 0) is 45.4 Å². The van der Waals surface area contributed by atoms with Crippen LogP contribution in [0.3, 0.4) is 0 Å². The predicted molar refractivity (Wildman–Crippen MR) is 81.5 cm³/mol. The van der Waals surface area contributed by atoms with Crippen LogP contribution in [0.2, 0.25) is 0 Å². The van der Waals surface area contributed by atoms with E-state index in [4.69, 9.17) is 10.5 Å². The van der Waals surface area contributed by atoms with Crippen molar-refractivity contribution in [2.24, 2.45) is 0 Å². The molecule has 3 N–H and O–H groups in total. The Morgan fingerprint density at radius 3 is 2.50 bits per heavy atom. The minimum atomic E-state index is -0.570. The van der Waals surface area contributed by atoms with E-state index in [1.54, 1.807) is 19.1 Å². The molecule has 0 atom stereocenters. The summed E-state index contributed by atoms with van der Waals surface area (Å²) in [6.07, 6.45) is 0. The first kappa shape index (κ1) is 16.5. The second kappa shape index (κ2) is 6.26. The van der Waals surface area contributed by atoms with E-state index >= 15 is 0 Å². The Bertz CT molecular complexity index is 536. The number of hydrogen-bond acceptors (Lipinski definition) is 4. The number of carbonyl (C=O) groups excluding carboxylic acids is 2. The molecule has 5 nitrogen and oxygen atoms in total. The maximum absolute atomic E-state index is 12.0. The van der Waals surface area contributed by atoms with Crippen LogP contribution in [0.1, 0.15) is 36.7 Å². The number of esters is 1. The van der Waals surface area contributed by atoms with E-state index in [-0.39, 0.29) is 18.1 Å². The maximum atomic E-state index is 12.0. The molecule has 0 bridgehead atoms. The number of halogens is 1. The van der Waals surface area contributed by atoms with Crippen molar-refractivity contribution in [2.45, 2.75) is 33.2 Å². The molecule has 0 aliphatic heterocycles. The van der Waals surface area contributed by atoms with Crippen molar-refractivity contribution in [1.29, 1.82) is 0 Å². The number of nitrogens with two attached hydrogens (primary N) is 1. The lowest BCUT2D eigenvalue weighted by Crippen LogP contribution is -2.42. The van der Waals surface area contributed by atoms with E-state index < -0.39 is 5.97 Å². The zero-order valence-electron chi connectivity index (χ0n) is 12.0. The fraction of sp³-hybridized carbons (Fsp3) is 0.429. The van der Waals surface area contributed by atoms with Gasteiger partial charge >= 0.3 is 5.97 Å². The van der Waals surface area contributed by atoms with Gasteiger partial charge in [0.15, 0.2) is 6.61 Å². The maximum Gasteiger partial charge on any atom is 0.339 e. The lowest BCUT2D eigenvalue weighted by atomic mass is 10.1. The van der Waals surface area contributed by atoms with Gasteiger partial charge in [0, 0.05) is 15.7 Å². The number of rotatable bonds is 3. The van der Waals surface area contributed by atoms with E-state index in [1.165, 1.54) is 0 Å². The molecule has 1 aromatic rings. The van der Waals surface area contributed by atoms with Crippen molar-refractivity contribution in [3.63, 3.8) is 0 Å². The summed E-state index contributed by atoms with van der Waals surface area (Å²) in [5, 5.41) is 2.71. The molecule has 0 saturated carbocycles. The molecule has 6 heteroatoms. The molecule has 1 amide bonds. The third kappa shape index (κ3) is 4.85. The summed E-state index contributed by atoms with van der Waals surface area (Å²) in [6, 6.07) is 3.33. The Hall–Kier alpha value is -1.56. The molecule has 20 heavy (non-hydrogen) atoms. The summed E-state index contributed by atoms with van der Waals surface area (Å²) in [7, 11) is 0. The fourth-order valence-electron chi connectivity index (χ4n) is 1.58. The Balaban J connectivity index is 2.71. The van der Waals surface area contributed by atoms with Crippen molar-refractivity contribution in [3.05, 3.63) is 27.7 Å². The monoisotopic (exact) mass is 342 g/mol. The average Bonchev–Trinajstić information content (AvgIpc) is 2.28. The summed E-state index contributed by atoms with van der Waals surface area (Å²) in [6.45, 7) is 6.97. The van der Waals surface area contributed by atoms with Gasteiger partial charge in [0.05, 0.1) is 5.56 Å². The smallest absolute Gasteiger partial charge is 0.339 e. The second-order valence-corrected chi connectivity index (χ2v) is 6.46. The third-order valence-electron chi connectivity index (χ3n) is 2.48. The second-order valence-electron chi connectivity index (χ2n) is 5.54. The van der Waals surface area contributed by atoms with Crippen molar-refractivity contribution in [2.75, 3.05) is 12.3 Å². The first-order valence-corrected chi connectivity index (χ1v) is 6.93. The molecule has 110 valence electrons. The molecule has 0 fully saturated rings. The normalized spacial score (nSPS) is 11.1. The van der Waals surface area contributed by atoms with Gasteiger partial charge in [-0.15, -0.1) is 0 Å². The minimum Gasteiger partial charge on any atom is -0.452 e. The molecule has 0 heterocycles. The average molecular weight is 343 g/mol. The highest BCUT2D eigenvalue weighted by Crippen LogP contribution is 2.23. The van der Waals surface area contributed by atoms with Crippen LogP contribution in [-0.2, 0) is 9.53 Å². The standard InChI is InChI=1S/C14H19BrN2O3/c1-8-10(5-9(15)6-11(8)16)13(19)20-7-12(18)17-14(2,3)4/h5-6H,7,16H2,1-4H3,(H,17,18). The van der Waals surface area contributed by atoms with Crippen molar-refractivity contribution in [3.8, 4) is 0 Å². The van der Waals surface area contributed by atoms with Crippen molar-refractivity contribution < 1.29 is 14.3 Å². The van der Waals surface area contributed by atoms with E-state index in [9.17, 15) is 9.59 Å². The quantitative estimate of drug-likeness (QED) is 0.652. The summed E-state index contributed by atoms with van der Waals surface area (Å²) >= 11 is 3.27. The molecule has 0 aliphatic rings. The largest absolute Gasteiger partial charge is 0.452 e. The molecule has 0 spiro atoms. The first-order valence-electron chi connectivity index (χ1n) is 6.14.